The van der Waals surface area contributed by atoms with Gasteiger partial charge in [-0.2, -0.15) is 0 Å². The molecule has 1 unspecified atom stereocenters. The number of sulfone groups is 1. The first-order valence-corrected chi connectivity index (χ1v) is 12.8. The van der Waals surface area contributed by atoms with Gasteiger partial charge in [-0.3, -0.25) is 14.5 Å². The number of carbonyl (C=O) groups excluding carboxylic acids is 2. The summed E-state index contributed by atoms with van der Waals surface area (Å²) in [5.74, 6) is -1.35. The van der Waals surface area contributed by atoms with Crippen molar-refractivity contribution < 1.29 is 18.0 Å². The Morgan fingerprint density at radius 2 is 1.76 bits per heavy atom. The summed E-state index contributed by atoms with van der Waals surface area (Å²) in [5.41, 5.74) is 2.13. The molecule has 1 aliphatic heterocycles. The number of rotatable bonds is 8. The Morgan fingerprint density at radius 1 is 1.00 bits per heavy atom. The second-order valence-corrected chi connectivity index (χ2v) is 10.3. The van der Waals surface area contributed by atoms with E-state index in [4.69, 9.17) is 0 Å². The first-order chi connectivity index (χ1) is 16.3. The number of carbonyl (C=O) groups is 2. The summed E-state index contributed by atoms with van der Waals surface area (Å²) in [6, 6.07) is 19.8. The Labute approximate surface area is 199 Å². The average molecular weight is 479 g/mol. The van der Waals surface area contributed by atoms with Crippen molar-refractivity contribution in [3.05, 3.63) is 89.4 Å². The molecular formula is C25H26N4O4S. The molecule has 1 saturated heterocycles. The number of unbranched alkanes of at least 4 members (excludes halogenated alkanes) is 1. The van der Waals surface area contributed by atoms with E-state index in [1.54, 1.807) is 31.2 Å². The zero-order valence-corrected chi connectivity index (χ0v) is 19.7. The fraction of sp³-hybridized carbons (Fsp3) is 0.280. The number of hydrogen-bond donors (Lipinski definition) is 1. The highest BCUT2D eigenvalue weighted by atomic mass is 32.2. The maximum Gasteiger partial charge on any atom is 0.269 e. The Bertz CT molecular complexity index is 1300. The quantitative estimate of drug-likeness (QED) is 0.499. The van der Waals surface area contributed by atoms with E-state index in [0.29, 0.717) is 12.2 Å². The first kappa shape index (κ1) is 23.6. The molecule has 9 heteroatoms. The number of amides is 2. The third kappa shape index (κ3) is 5.31. The second-order valence-electron chi connectivity index (χ2n) is 8.21. The van der Waals surface area contributed by atoms with Crippen molar-refractivity contribution in [1.29, 1.82) is 0 Å². The van der Waals surface area contributed by atoms with E-state index in [0.717, 1.165) is 24.2 Å². The molecule has 4 rings (SSSR count). The minimum atomic E-state index is -3.85. The fourth-order valence-corrected chi connectivity index (χ4v) is 5.63. The maximum absolute atomic E-state index is 12.9. The normalized spacial score (nSPS) is 17.0. The van der Waals surface area contributed by atoms with Gasteiger partial charge < -0.3 is 5.32 Å². The Kier molecular flexibility index (Phi) is 7.02. The number of benzene rings is 1. The highest BCUT2D eigenvalue weighted by Gasteiger charge is 2.47. The number of aryl methyl sites for hydroxylation is 2. The van der Waals surface area contributed by atoms with Crippen LogP contribution in [0.2, 0.25) is 0 Å². The molecule has 1 N–H and O–H groups in total. The van der Waals surface area contributed by atoms with Gasteiger partial charge in [0, 0.05) is 12.2 Å². The summed E-state index contributed by atoms with van der Waals surface area (Å²) < 4.78 is 25.7. The molecular weight excluding hydrogens is 452 g/mol. The summed E-state index contributed by atoms with van der Waals surface area (Å²) in [5, 5.41) is 1.51. The second kappa shape index (κ2) is 10.1. The molecule has 34 heavy (non-hydrogen) atoms. The van der Waals surface area contributed by atoms with Crippen molar-refractivity contribution in [1.82, 2.24) is 15.3 Å². The summed E-state index contributed by atoms with van der Waals surface area (Å²) in [6.07, 6.45) is 2.66. The lowest BCUT2D eigenvalue weighted by atomic mass is 10.1. The highest BCUT2D eigenvalue weighted by molar-refractivity contribution is 7.93. The third-order valence-corrected chi connectivity index (χ3v) is 7.35. The lowest BCUT2D eigenvalue weighted by molar-refractivity contribution is -0.115. The van der Waals surface area contributed by atoms with E-state index in [2.05, 4.69) is 27.4 Å². The van der Waals surface area contributed by atoms with Crippen LogP contribution in [0.4, 0.5) is 5.82 Å². The van der Waals surface area contributed by atoms with Crippen LogP contribution >= 0.6 is 0 Å². The van der Waals surface area contributed by atoms with Crippen LogP contribution < -0.4 is 10.2 Å². The standard InChI is InChI=1S/C25H26N4O4S/c1-18-9-7-15-22(27-18)29-23(30)17-34(32,33)25(29)21-14-8-13-20(28-21)24(31)26-16-6-5-12-19-10-3-2-4-11-19/h2-4,7-11,13-15,25H,5-6,12,16-17H2,1H3,(H,26,31). The molecule has 0 aliphatic carbocycles. The lowest BCUT2D eigenvalue weighted by Crippen LogP contribution is -2.31. The molecule has 176 valence electrons. The number of anilines is 1. The molecule has 0 saturated carbocycles. The average Bonchev–Trinajstić information content (AvgIpc) is 3.07. The van der Waals surface area contributed by atoms with Gasteiger partial charge in [0.15, 0.2) is 15.2 Å². The zero-order chi connectivity index (χ0) is 24.1. The molecule has 3 heterocycles. The Morgan fingerprint density at radius 3 is 2.53 bits per heavy atom. The van der Waals surface area contributed by atoms with Gasteiger partial charge in [0.1, 0.15) is 17.3 Å². The molecule has 3 aromatic rings. The largest absolute Gasteiger partial charge is 0.351 e. The van der Waals surface area contributed by atoms with Crippen LogP contribution in [0, 0.1) is 6.92 Å². The van der Waals surface area contributed by atoms with Gasteiger partial charge in [-0.15, -0.1) is 0 Å². The van der Waals surface area contributed by atoms with Crippen LogP contribution in [0.15, 0.2) is 66.7 Å². The predicted molar refractivity (Wildman–Crippen MR) is 129 cm³/mol. The number of aromatic nitrogens is 2. The number of nitrogens with zero attached hydrogens (tertiary/aromatic N) is 3. The SMILES string of the molecule is Cc1cccc(N2C(=O)CS(=O)(=O)C2c2cccc(C(=O)NCCCCc3ccccc3)n2)n1. The van der Waals surface area contributed by atoms with Crippen molar-refractivity contribution in [3.8, 4) is 0 Å². The first-order valence-electron chi connectivity index (χ1n) is 11.1. The van der Waals surface area contributed by atoms with Gasteiger partial charge in [-0.05, 0) is 56.0 Å². The molecule has 1 aromatic carbocycles. The van der Waals surface area contributed by atoms with Crippen LogP contribution in [-0.4, -0.2) is 42.5 Å². The Balaban J connectivity index is 1.46. The predicted octanol–water partition coefficient (Wildman–Crippen LogP) is 3.00. The summed E-state index contributed by atoms with van der Waals surface area (Å²) in [4.78, 5) is 35.0. The molecule has 1 aliphatic rings. The molecule has 0 spiro atoms. The monoisotopic (exact) mass is 478 g/mol. The molecule has 2 amide bonds. The van der Waals surface area contributed by atoms with E-state index in [-0.39, 0.29) is 23.1 Å². The van der Waals surface area contributed by atoms with Crippen LogP contribution in [-0.2, 0) is 21.1 Å². The third-order valence-electron chi connectivity index (χ3n) is 5.57. The van der Waals surface area contributed by atoms with E-state index in [1.807, 2.05) is 18.2 Å². The van der Waals surface area contributed by atoms with Gasteiger partial charge in [0.25, 0.3) is 5.91 Å². The molecule has 2 aromatic heterocycles. The number of hydrogen-bond acceptors (Lipinski definition) is 6. The molecule has 0 radical (unpaired) electrons. The topological polar surface area (TPSA) is 109 Å². The van der Waals surface area contributed by atoms with Crippen molar-refractivity contribution >= 4 is 27.5 Å². The van der Waals surface area contributed by atoms with Crippen molar-refractivity contribution in [2.45, 2.75) is 31.6 Å². The van der Waals surface area contributed by atoms with Gasteiger partial charge in [-0.25, -0.2) is 18.4 Å². The zero-order valence-electron chi connectivity index (χ0n) is 18.8. The van der Waals surface area contributed by atoms with Crippen LogP contribution in [0.3, 0.4) is 0 Å². The molecule has 1 fully saturated rings. The molecule has 0 bridgehead atoms. The maximum atomic E-state index is 12.9. The molecule has 8 nitrogen and oxygen atoms in total. The van der Waals surface area contributed by atoms with Gasteiger partial charge >= 0.3 is 0 Å². The molecule has 1 atom stereocenters. The van der Waals surface area contributed by atoms with Crippen LogP contribution in [0.5, 0.6) is 0 Å². The van der Waals surface area contributed by atoms with E-state index in [1.165, 1.54) is 17.7 Å². The van der Waals surface area contributed by atoms with Crippen molar-refractivity contribution in [2.75, 3.05) is 17.2 Å². The number of pyridine rings is 2. The summed E-state index contributed by atoms with van der Waals surface area (Å²) in [6.45, 7) is 2.24. The van der Waals surface area contributed by atoms with Gasteiger partial charge in [-0.1, -0.05) is 42.5 Å². The summed E-state index contributed by atoms with van der Waals surface area (Å²) in [7, 11) is -3.85. The highest BCUT2D eigenvalue weighted by Crippen LogP contribution is 2.35. The van der Waals surface area contributed by atoms with Crippen molar-refractivity contribution in [3.63, 3.8) is 0 Å². The van der Waals surface area contributed by atoms with Crippen LogP contribution in [0.1, 0.15) is 45.7 Å². The lowest BCUT2D eigenvalue weighted by Gasteiger charge is -2.22. The van der Waals surface area contributed by atoms with Crippen LogP contribution in [0.25, 0.3) is 0 Å². The Hall–Kier alpha value is -3.59. The van der Waals surface area contributed by atoms with E-state index >= 15 is 0 Å². The van der Waals surface area contributed by atoms with E-state index in [9.17, 15) is 18.0 Å². The summed E-state index contributed by atoms with van der Waals surface area (Å²) >= 11 is 0. The minimum absolute atomic E-state index is 0.104. The van der Waals surface area contributed by atoms with Gasteiger partial charge in [0.05, 0.1) is 5.69 Å². The minimum Gasteiger partial charge on any atom is -0.351 e. The van der Waals surface area contributed by atoms with E-state index < -0.39 is 26.9 Å². The van der Waals surface area contributed by atoms with Gasteiger partial charge in [0.2, 0.25) is 5.91 Å². The number of nitrogens with one attached hydrogen (secondary N) is 1. The van der Waals surface area contributed by atoms with Crippen molar-refractivity contribution in [2.24, 2.45) is 0 Å². The fourth-order valence-electron chi connectivity index (χ4n) is 3.95. The smallest absolute Gasteiger partial charge is 0.269 e.